The zero-order valence-corrected chi connectivity index (χ0v) is 14.6. The second-order valence-electron chi connectivity index (χ2n) is 5.12. The molecule has 1 aromatic heterocycles. The Bertz CT molecular complexity index is 542. The topological polar surface area (TPSA) is 12.0 Å². The highest BCUT2D eigenvalue weighted by Crippen LogP contribution is 2.27. The quantitative estimate of drug-likeness (QED) is 0.627. The van der Waals surface area contributed by atoms with Crippen LogP contribution in [0.25, 0.3) is 0 Å². The van der Waals surface area contributed by atoms with E-state index < -0.39 is 0 Å². The third-order valence-corrected chi connectivity index (χ3v) is 5.04. The fraction of sp³-hybridized carbons (Fsp3) is 0.412. The molecule has 0 fully saturated rings. The number of rotatable bonds is 8. The van der Waals surface area contributed by atoms with Gasteiger partial charge in [-0.25, -0.2) is 4.39 Å². The zero-order chi connectivity index (χ0) is 15.1. The molecule has 114 valence electrons. The van der Waals surface area contributed by atoms with E-state index in [4.69, 9.17) is 0 Å². The second kappa shape index (κ2) is 8.66. The maximum atomic E-state index is 14.3. The SMILES string of the molecule is CCCNC(CCCc1cccs1)c1cccc(Br)c1F. The van der Waals surface area contributed by atoms with Crippen LogP contribution < -0.4 is 5.32 Å². The minimum Gasteiger partial charge on any atom is -0.310 e. The van der Waals surface area contributed by atoms with E-state index in [9.17, 15) is 4.39 Å². The first-order valence-electron chi connectivity index (χ1n) is 7.42. The Balaban J connectivity index is 2.01. The lowest BCUT2D eigenvalue weighted by Crippen LogP contribution is -2.23. The fourth-order valence-electron chi connectivity index (χ4n) is 2.41. The molecule has 1 aromatic carbocycles. The molecule has 4 heteroatoms. The minimum absolute atomic E-state index is 0.0856. The maximum absolute atomic E-state index is 14.3. The van der Waals surface area contributed by atoms with Crippen LogP contribution in [0.15, 0.2) is 40.2 Å². The van der Waals surface area contributed by atoms with Crippen molar-refractivity contribution >= 4 is 27.3 Å². The zero-order valence-electron chi connectivity index (χ0n) is 12.2. The lowest BCUT2D eigenvalue weighted by Gasteiger charge is -2.20. The fourth-order valence-corrected chi connectivity index (χ4v) is 3.54. The van der Waals surface area contributed by atoms with Crippen molar-refractivity contribution in [3.05, 3.63) is 56.4 Å². The van der Waals surface area contributed by atoms with Gasteiger partial charge in [0.25, 0.3) is 0 Å². The molecule has 0 aliphatic carbocycles. The molecule has 1 nitrogen and oxygen atoms in total. The van der Waals surface area contributed by atoms with Gasteiger partial charge < -0.3 is 5.32 Å². The minimum atomic E-state index is -0.137. The summed E-state index contributed by atoms with van der Waals surface area (Å²) in [7, 11) is 0. The van der Waals surface area contributed by atoms with E-state index in [1.54, 1.807) is 17.4 Å². The average Bonchev–Trinajstić information content (AvgIpc) is 2.99. The molecular formula is C17H21BrFNS. The van der Waals surface area contributed by atoms with Crippen molar-refractivity contribution in [2.75, 3.05) is 6.54 Å². The highest BCUT2D eigenvalue weighted by Gasteiger charge is 2.16. The Hall–Kier alpha value is -0.710. The summed E-state index contributed by atoms with van der Waals surface area (Å²) in [4.78, 5) is 1.40. The average molecular weight is 370 g/mol. The third-order valence-electron chi connectivity index (χ3n) is 3.49. The summed E-state index contributed by atoms with van der Waals surface area (Å²) in [5, 5.41) is 5.58. The molecule has 1 unspecified atom stereocenters. The first kappa shape index (κ1) is 16.7. The molecule has 2 aromatic rings. The number of hydrogen-bond donors (Lipinski definition) is 1. The van der Waals surface area contributed by atoms with Crippen LogP contribution in [0.3, 0.4) is 0 Å². The van der Waals surface area contributed by atoms with Crippen LogP contribution in [0.4, 0.5) is 4.39 Å². The largest absolute Gasteiger partial charge is 0.310 e. The van der Waals surface area contributed by atoms with Gasteiger partial charge in [-0.1, -0.05) is 25.1 Å². The third kappa shape index (κ3) is 4.90. The first-order valence-corrected chi connectivity index (χ1v) is 9.09. The summed E-state index contributed by atoms with van der Waals surface area (Å²) in [6.45, 7) is 3.04. The molecule has 21 heavy (non-hydrogen) atoms. The van der Waals surface area contributed by atoms with Crippen LogP contribution in [0.1, 0.15) is 42.7 Å². The van der Waals surface area contributed by atoms with Gasteiger partial charge in [-0.3, -0.25) is 0 Å². The molecule has 2 rings (SSSR count). The molecule has 0 aliphatic heterocycles. The van der Waals surface area contributed by atoms with E-state index >= 15 is 0 Å². The van der Waals surface area contributed by atoms with Gasteiger partial charge in [0, 0.05) is 16.5 Å². The number of benzene rings is 1. The van der Waals surface area contributed by atoms with E-state index in [1.165, 1.54) is 4.88 Å². The van der Waals surface area contributed by atoms with E-state index in [-0.39, 0.29) is 11.9 Å². The van der Waals surface area contributed by atoms with E-state index in [2.05, 4.69) is 45.7 Å². The van der Waals surface area contributed by atoms with Gasteiger partial charge >= 0.3 is 0 Å². The van der Waals surface area contributed by atoms with Crippen molar-refractivity contribution in [3.8, 4) is 0 Å². The Morgan fingerprint density at radius 1 is 1.29 bits per heavy atom. The van der Waals surface area contributed by atoms with Crippen LogP contribution in [0.5, 0.6) is 0 Å². The van der Waals surface area contributed by atoms with Crippen LogP contribution in [-0.4, -0.2) is 6.54 Å². The molecule has 1 atom stereocenters. The summed E-state index contributed by atoms with van der Waals surface area (Å²) in [6, 6.07) is 9.88. The van der Waals surface area contributed by atoms with Gasteiger partial charge in [0.05, 0.1) is 4.47 Å². The molecule has 0 saturated heterocycles. The molecule has 0 saturated carbocycles. The molecular weight excluding hydrogens is 349 g/mol. The van der Waals surface area contributed by atoms with Gasteiger partial charge in [-0.05, 0) is 65.7 Å². The molecule has 1 N–H and O–H groups in total. The Morgan fingerprint density at radius 3 is 2.86 bits per heavy atom. The summed E-state index contributed by atoms with van der Waals surface area (Å²) in [5.41, 5.74) is 0.768. The van der Waals surface area contributed by atoms with Crippen molar-refractivity contribution in [3.63, 3.8) is 0 Å². The standard InChI is InChI=1S/C17H21BrFNS/c1-2-11-20-16(10-3-6-13-7-5-12-21-13)14-8-4-9-15(18)17(14)19/h4-5,7-9,12,16,20H,2-3,6,10-11H2,1H3. The number of thiophene rings is 1. The maximum Gasteiger partial charge on any atom is 0.142 e. The van der Waals surface area contributed by atoms with Crippen molar-refractivity contribution in [2.45, 2.75) is 38.6 Å². The lowest BCUT2D eigenvalue weighted by molar-refractivity contribution is 0.461. The number of nitrogens with one attached hydrogen (secondary N) is 1. The Morgan fingerprint density at radius 2 is 2.14 bits per heavy atom. The van der Waals surface area contributed by atoms with Crippen molar-refractivity contribution < 1.29 is 4.39 Å². The molecule has 0 aliphatic rings. The second-order valence-corrected chi connectivity index (χ2v) is 7.01. The van der Waals surface area contributed by atoms with Gasteiger partial charge in [-0.15, -0.1) is 11.3 Å². The molecule has 0 bridgehead atoms. The smallest absolute Gasteiger partial charge is 0.142 e. The highest BCUT2D eigenvalue weighted by molar-refractivity contribution is 9.10. The van der Waals surface area contributed by atoms with Crippen molar-refractivity contribution in [1.29, 1.82) is 0 Å². The Labute approximate surface area is 138 Å². The molecule has 0 radical (unpaired) electrons. The van der Waals surface area contributed by atoms with E-state index in [0.717, 1.165) is 37.8 Å². The van der Waals surface area contributed by atoms with E-state index in [1.807, 2.05) is 12.1 Å². The normalized spacial score (nSPS) is 12.5. The molecule has 1 heterocycles. The first-order chi connectivity index (χ1) is 10.2. The van der Waals surface area contributed by atoms with Crippen molar-refractivity contribution in [2.24, 2.45) is 0 Å². The van der Waals surface area contributed by atoms with Crippen LogP contribution >= 0.6 is 27.3 Å². The monoisotopic (exact) mass is 369 g/mol. The lowest BCUT2D eigenvalue weighted by atomic mass is 10.00. The highest BCUT2D eigenvalue weighted by atomic mass is 79.9. The molecule has 0 spiro atoms. The summed E-state index contributed by atoms with van der Waals surface area (Å²) in [6.07, 6.45) is 4.13. The summed E-state index contributed by atoms with van der Waals surface area (Å²) in [5.74, 6) is -0.137. The van der Waals surface area contributed by atoms with Crippen LogP contribution in [0.2, 0.25) is 0 Å². The summed E-state index contributed by atoms with van der Waals surface area (Å²) >= 11 is 5.07. The molecule has 0 amide bonds. The van der Waals surface area contributed by atoms with Gasteiger partial charge in [0.15, 0.2) is 0 Å². The van der Waals surface area contributed by atoms with Gasteiger partial charge in [-0.2, -0.15) is 0 Å². The predicted octanol–water partition coefficient (Wildman–Crippen LogP) is 5.71. The number of aryl methyl sites for hydroxylation is 1. The summed E-state index contributed by atoms with van der Waals surface area (Å²) < 4.78 is 14.8. The van der Waals surface area contributed by atoms with Crippen LogP contribution in [-0.2, 0) is 6.42 Å². The predicted molar refractivity (Wildman–Crippen MR) is 92.4 cm³/mol. The number of halogens is 2. The van der Waals surface area contributed by atoms with Crippen LogP contribution in [0, 0.1) is 5.82 Å². The number of hydrogen-bond acceptors (Lipinski definition) is 2. The Kier molecular flexibility index (Phi) is 6.87. The van der Waals surface area contributed by atoms with Crippen molar-refractivity contribution in [1.82, 2.24) is 5.32 Å². The van der Waals surface area contributed by atoms with Gasteiger partial charge in [0.1, 0.15) is 5.82 Å². The van der Waals surface area contributed by atoms with Gasteiger partial charge in [0.2, 0.25) is 0 Å². The van der Waals surface area contributed by atoms with E-state index in [0.29, 0.717) is 4.47 Å².